The van der Waals surface area contributed by atoms with Crippen LogP contribution in [0.25, 0.3) is 0 Å². The van der Waals surface area contributed by atoms with Crippen LogP contribution in [-0.2, 0) is 0 Å². The first-order valence-corrected chi connectivity index (χ1v) is 7.37. The first-order valence-electron chi connectivity index (χ1n) is 7.37. The van der Waals surface area contributed by atoms with Crippen molar-refractivity contribution in [3.05, 3.63) is 0 Å². The fourth-order valence-corrected chi connectivity index (χ4v) is 1.68. The van der Waals surface area contributed by atoms with Gasteiger partial charge in [0.2, 0.25) is 0 Å². The summed E-state index contributed by atoms with van der Waals surface area (Å²) in [7, 11) is 4.20. The van der Waals surface area contributed by atoms with Crippen molar-refractivity contribution in [2.75, 3.05) is 40.3 Å². The van der Waals surface area contributed by atoms with Crippen LogP contribution in [0.5, 0.6) is 0 Å². The predicted molar refractivity (Wildman–Crippen MR) is 81.3 cm³/mol. The number of hydrogen-bond donors (Lipinski definition) is 2. The highest BCUT2D eigenvalue weighted by molar-refractivity contribution is 5.79. The van der Waals surface area contributed by atoms with Crippen LogP contribution in [0.2, 0.25) is 0 Å². The molecule has 0 aliphatic carbocycles. The van der Waals surface area contributed by atoms with Gasteiger partial charge < -0.3 is 15.5 Å². The Morgan fingerprint density at radius 1 is 1.00 bits per heavy atom. The van der Waals surface area contributed by atoms with E-state index in [1.165, 1.54) is 25.7 Å². The Morgan fingerprint density at radius 3 is 2.39 bits per heavy atom. The molecule has 0 heterocycles. The minimum Gasteiger partial charge on any atom is -0.357 e. The van der Waals surface area contributed by atoms with Crippen LogP contribution in [0.3, 0.4) is 0 Å². The molecule has 0 spiro atoms. The van der Waals surface area contributed by atoms with Crippen molar-refractivity contribution >= 4 is 5.96 Å². The smallest absolute Gasteiger partial charge is 0.191 e. The molecule has 0 aromatic carbocycles. The standard InChI is InChI=1S/C14H32N4/c1-5-7-8-9-11-16-14(15-6-2)17-12-10-13-18(3)4/h5-13H2,1-4H3,(H2,15,16,17). The fraction of sp³-hybridized carbons (Fsp3) is 0.929. The predicted octanol–water partition coefficient (Wildman–Crippen LogP) is 2.07. The first kappa shape index (κ1) is 17.2. The van der Waals surface area contributed by atoms with E-state index in [9.17, 15) is 0 Å². The van der Waals surface area contributed by atoms with Crippen LogP contribution in [0.1, 0.15) is 46.0 Å². The molecule has 4 nitrogen and oxygen atoms in total. The number of nitrogens with zero attached hydrogens (tertiary/aromatic N) is 2. The van der Waals surface area contributed by atoms with Crippen molar-refractivity contribution < 1.29 is 0 Å². The second kappa shape index (κ2) is 12.7. The largest absolute Gasteiger partial charge is 0.357 e. The van der Waals surface area contributed by atoms with E-state index < -0.39 is 0 Å². The molecule has 108 valence electrons. The van der Waals surface area contributed by atoms with E-state index in [1.807, 2.05) is 0 Å². The molecule has 18 heavy (non-hydrogen) atoms. The van der Waals surface area contributed by atoms with Crippen molar-refractivity contribution in [3.63, 3.8) is 0 Å². The third-order valence-corrected chi connectivity index (χ3v) is 2.70. The third kappa shape index (κ3) is 11.7. The SMILES string of the molecule is CCCCCCNC(=NCCCN(C)C)NCC. The highest BCUT2D eigenvalue weighted by Crippen LogP contribution is 1.96. The quantitative estimate of drug-likeness (QED) is 0.357. The molecule has 4 heteroatoms. The van der Waals surface area contributed by atoms with Crippen LogP contribution >= 0.6 is 0 Å². The normalized spacial score (nSPS) is 11.9. The summed E-state index contributed by atoms with van der Waals surface area (Å²) in [4.78, 5) is 6.77. The van der Waals surface area contributed by atoms with Gasteiger partial charge in [0.05, 0.1) is 0 Å². The van der Waals surface area contributed by atoms with Gasteiger partial charge in [-0.15, -0.1) is 0 Å². The van der Waals surface area contributed by atoms with E-state index in [4.69, 9.17) is 0 Å². The van der Waals surface area contributed by atoms with Crippen LogP contribution in [-0.4, -0.2) is 51.1 Å². The molecule has 0 radical (unpaired) electrons. The van der Waals surface area contributed by atoms with Gasteiger partial charge in [0.25, 0.3) is 0 Å². The van der Waals surface area contributed by atoms with Gasteiger partial charge in [-0.25, -0.2) is 0 Å². The van der Waals surface area contributed by atoms with Gasteiger partial charge in [0.1, 0.15) is 0 Å². The number of rotatable bonds is 10. The lowest BCUT2D eigenvalue weighted by atomic mass is 10.2. The lowest BCUT2D eigenvalue weighted by molar-refractivity contribution is 0.403. The lowest BCUT2D eigenvalue weighted by Crippen LogP contribution is -2.38. The lowest BCUT2D eigenvalue weighted by Gasteiger charge is -2.12. The molecular formula is C14H32N4. The summed E-state index contributed by atoms with van der Waals surface area (Å²) in [5.74, 6) is 0.966. The van der Waals surface area contributed by atoms with Crippen LogP contribution in [0.15, 0.2) is 4.99 Å². The summed E-state index contributed by atoms with van der Waals surface area (Å²) in [6.45, 7) is 8.29. The number of guanidine groups is 1. The van der Waals surface area contributed by atoms with E-state index in [0.29, 0.717) is 0 Å². The molecule has 0 bridgehead atoms. The maximum absolute atomic E-state index is 4.57. The zero-order valence-corrected chi connectivity index (χ0v) is 12.8. The number of nitrogens with one attached hydrogen (secondary N) is 2. The Bertz CT molecular complexity index is 202. The second-order valence-electron chi connectivity index (χ2n) is 4.90. The molecule has 0 rings (SSSR count). The van der Waals surface area contributed by atoms with Crippen molar-refractivity contribution in [3.8, 4) is 0 Å². The van der Waals surface area contributed by atoms with E-state index in [-0.39, 0.29) is 0 Å². The first-order chi connectivity index (χ1) is 8.70. The Kier molecular flexibility index (Phi) is 12.1. The van der Waals surface area contributed by atoms with Crippen molar-refractivity contribution in [1.29, 1.82) is 0 Å². The Morgan fingerprint density at radius 2 is 1.78 bits per heavy atom. The highest BCUT2D eigenvalue weighted by Gasteiger charge is 1.96. The van der Waals surface area contributed by atoms with Gasteiger partial charge in [-0.1, -0.05) is 26.2 Å². The summed E-state index contributed by atoms with van der Waals surface area (Å²) in [6.07, 6.45) is 6.27. The molecule has 2 N–H and O–H groups in total. The van der Waals surface area contributed by atoms with Gasteiger partial charge in [-0.05, 0) is 40.4 Å². The minimum atomic E-state index is 0.891. The van der Waals surface area contributed by atoms with Crippen LogP contribution in [0.4, 0.5) is 0 Å². The average molecular weight is 256 g/mol. The molecule has 0 aromatic rings. The molecule has 0 amide bonds. The maximum Gasteiger partial charge on any atom is 0.191 e. The van der Waals surface area contributed by atoms with Gasteiger partial charge in [-0.3, -0.25) is 4.99 Å². The summed E-state index contributed by atoms with van der Waals surface area (Å²) in [5, 5.41) is 6.68. The molecule has 0 aromatic heterocycles. The molecule has 0 fully saturated rings. The summed E-state index contributed by atoms with van der Waals surface area (Å²) < 4.78 is 0. The van der Waals surface area contributed by atoms with E-state index >= 15 is 0 Å². The summed E-state index contributed by atoms with van der Waals surface area (Å²) in [5.41, 5.74) is 0. The summed E-state index contributed by atoms with van der Waals surface area (Å²) in [6, 6.07) is 0. The van der Waals surface area contributed by atoms with E-state index in [2.05, 4.69) is 48.5 Å². The third-order valence-electron chi connectivity index (χ3n) is 2.70. The number of aliphatic imine (C=N–C) groups is 1. The second-order valence-corrected chi connectivity index (χ2v) is 4.90. The molecule has 0 aliphatic rings. The van der Waals surface area contributed by atoms with Gasteiger partial charge in [-0.2, -0.15) is 0 Å². The monoisotopic (exact) mass is 256 g/mol. The van der Waals surface area contributed by atoms with Crippen LogP contribution < -0.4 is 10.6 Å². The molecule has 0 unspecified atom stereocenters. The molecule has 0 aliphatic heterocycles. The zero-order chi connectivity index (χ0) is 13.6. The van der Waals surface area contributed by atoms with Crippen molar-refractivity contribution in [2.24, 2.45) is 4.99 Å². The fourth-order valence-electron chi connectivity index (χ4n) is 1.68. The van der Waals surface area contributed by atoms with Gasteiger partial charge in [0, 0.05) is 19.6 Å². The molecule has 0 saturated carbocycles. The molecular weight excluding hydrogens is 224 g/mol. The molecule has 0 atom stereocenters. The van der Waals surface area contributed by atoms with E-state index in [1.54, 1.807) is 0 Å². The van der Waals surface area contributed by atoms with Crippen molar-refractivity contribution in [1.82, 2.24) is 15.5 Å². The van der Waals surface area contributed by atoms with Gasteiger partial charge in [0.15, 0.2) is 5.96 Å². The Labute approximate surface area is 113 Å². The zero-order valence-electron chi connectivity index (χ0n) is 12.8. The van der Waals surface area contributed by atoms with Crippen LogP contribution in [0, 0.1) is 0 Å². The number of unbranched alkanes of at least 4 members (excludes halogenated alkanes) is 3. The van der Waals surface area contributed by atoms with Gasteiger partial charge >= 0.3 is 0 Å². The average Bonchev–Trinajstić information content (AvgIpc) is 2.33. The number of hydrogen-bond acceptors (Lipinski definition) is 2. The maximum atomic E-state index is 4.57. The Balaban J connectivity index is 3.71. The summed E-state index contributed by atoms with van der Waals surface area (Å²) >= 11 is 0. The topological polar surface area (TPSA) is 39.7 Å². The minimum absolute atomic E-state index is 0.891. The van der Waals surface area contributed by atoms with Crippen molar-refractivity contribution in [2.45, 2.75) is 46.0 Å². The Hall–Kier alpha value is -0.770. The molecule has 0 saturated heterocycles. The van der Waals surface area contributed by atoms with E-state index in [0.717, 1.165) is 38.6 Å². The highest BCUT2D eigenvalue weighted by atomic mass is 15.2.